The molecule has 6 rings (SSSR count). The topological polar surface area (TPSA) is 97.4 Å². The Balaban J connectivity index is 0.00000101. The standard InChI is InChI=1S/C45H44N2O5.C3H7NO.2C2H6/c1-5-51-39-18-12-17-37(28-39)43-42(40-27-34(23-26-41(40)46(3)30-48)20-19-33-21-24-38(50-4)25-22-33)32(2)29-47(43)44(35-13-8-6-9-14-35)45(52-31-49)36-15-10-7-11-16-36;1-2-4-3-5;2*1-2/h6-18,21-28,30-32,42-45H,5,29H2,1-4H3;3H,2H2,1H3,(H,4,5);2*1-2H3. The highest BCUT2D eigenvalue weighted by molar-refractivity contribution is 5.77. The summed E-state index contributed by atoms with van der Waals surface area (Å²) in [7, 11) is 3.43. The molecule has 61 heavy (non-hydrogen) atoms. The number of ether oxygens (including phenoxy) is 3. The number of hydrogen-bond acceptors (Lipinski definition) is 7. The molecule has 0 saturated carbocycles. The first-order valence-electron chi connectivity index (χ1n) is 21.2. The van der Waals surface area contributed by atoms with Crippen molar-refractivity contribution in [3.8, 4) is 23.3 Å². The largest absolute Gasteiger partial charge is 0.497 e. The molecule has 5 aromatic rings. The van der Waals surface area contributed by atoms with Crippen LogP contribution in [0.1, 0.15) is 106 Å². The van der Waals surface area contributed by atoms with Crippen molar-refractivity contribution < 1.29 is 28.6 Å². The molecule has 0 spiro atoms. The monoisotopic (exact) mass is 825 g/mol. The number of methoxy groups -OCH3 is 1. The normalized spacial score (nSPS) is 16.0. The minimum atomic E-state index is -0.594. The van der Waals surface area contributed by atoms with Gasteiger partial charge >= 0.3 is 0 Å². The van der Waals surface area contributed by atoms with Crippen LogP contribution in [0.15, 0.2) is 127 Å². The summed E-state index contributed by atoms with van der Waals surface area (Å²) in [5, 5.41) is 2.43. The molecule has 2 amide bonds. The van der Waals surface area contributed by atoms with Crippen LogP contribution in [0.5, 0.6) is 11.5 Å². The third-order valence-electron chi connectivity index (χ3n) is 10.1. The lowest BCUT2D eigenvalue weighted by Crippen LogP contribution is -2.35. The lowest BCUT2D eigenvalue weighted by molar-refractivity contribution is -0.138. The highest BCUT2D eigenvalue weighted by atomic mass is 16.5. The maximum Gasteiger partial charge on any atom is 0.293 e. The molecular weight excluding hydrogens is 763 g/mol. The van der Waals surface area contributed by atoms with Gasteiger partial charge in [-0.3, -0.25) is 19.3 Å². The number of hydrogen-bond donors (Lipinski definition) is 1. The van der Waals surface area contributed by atoms with Crippen molar-refractivity contribution in [2.45, 2.75) is 72.6 Å². The van der Waals surface area contributed by atoms with Gasteiger partial charge in [-0.25, -0.2) is 0 Å². The van der Waals surface area contributed by atoms with E-state index < -0.39 is 6.10 Å². The quantitative estimate of drug-likeness (QED) is 0.0829. The summed E-state index contributed by atoms with van der Waals surface area (Å²) in [5.74, 6) is 8.25. The molecule has 322 valence electrons. The molecule has 1 fully saturated rings. The van der Waals surface area contributed by atoms with E-state index in [4.69, 9.17) is 14.2 Å². The number of carbonyl (C=O) groups excluding carboxylic acids is 3. The molecule has 5 aromatic carbocycles. The van der Waals surface area contributed by atoms with Gasteiger partial charge in [0.2, 0.25) is 12.8 Å². The predicted octanol–water partition coefficient (Wildman–Crippen LogP) is 10.3. The van der Waals surface area contributed by atoms with Crippen molar-refractivity contribution in [1.29, 1.82) is 0 Å². The first kappa shape index (κ1) is 49.0. The van der Waals surface area contributed by atoms with Crippen molar-refractivity contribution in [1.82, 2.24) is 10.2 Å². The summed E-state index contributed by atoms with van der Waals surface area (Å²) in [6.07, 6.45) is 0.934. The van der Waals surface area contributed by atoms with E-state index in [-0.39, 0.29) is 23.9 Å². The van der Waals surface area contributed by atoms with Gasteiger partial charge in [0.25, 0.3) is 6.47 Å². The number of likely N-dealkylation sites (tertiary alicyclic amines) is 1. The molecule has 1 saturated heterocycles. The van der Waals surface area contributed by atoms with Crippen molar-refractivity contribution in [3.63, 3.8) is 0 Å². The molecule has 1 aliphatic rings. The van der Waals surface area contributed by atoms with Crippen LogP contribution in [0, 0.1) is 17.8 Å². The number of anilines is 1. The Morgan fingerprint density at radius 2 is 1.39 bits per heavy atom. The summed E-state index contributed by atoms with van der Waals surface area (Å²) in [5.41, 5.74) is 6.53. The van der Waals surface area contributed by atoms with Crippen molar-refractivity contribution in [2.75, 3.05) is 38.8 Å². The molecule has 1 N–H and O–H groups in total. The molecular formula is C52H63N3O6. The third kappa shape index (κ3) is 13.3. The molecule has 0 aromatic heterocycles. The Labute approximate surface area is 364 Å². The molecule has 5 unspecified atom stereocenters. The lowest BCUT2D eigenvalue weighted by atomic mass is 9.80. The van der Waals surface area contributed by atoms with Crippen LogP contribution in [0.3, 0.4) is 0 Å². The Bertz CT molecular complexity index is 2100. The van der Waals surface area contributed by atoms with E-state index in [1.165, 1.54) is 0 Å². The second kappa shape index (κ2) is 26.7. The number of rotatable bonds is 15. The van der Waals surface area contributed by atoms with Gasteiger partial charge in [-0.1, -0.05) is 119 Å². The number of nitrogens with one attached hydrogen (secondary N) is 1. The van der Waals surface area contributed by atoms with E-state index in [2.05, 4.69) is 59.3 Å². The average molecular weight is 826 g/mol. The molecule has 1 aliphatic heterocycles. The number of nitrogens with zero attached hydrogens (tertiary/aromatic N) is 2. The summed E-state index contributed by atoms with van der Waals surface area (Å²) in [6, 6.07) is 41.6. The molecule has 0 aliphatic carbocycles. The second-order valence-electron chi connectivity index (χ2n) is 13.7. The van der Waals surface area contributed by atoms with Gasteiger partial charge in [-0.15, -0.1) is 0 Å². The molecule has 9 nitrogen and oxygen atoms in total. The molecule has 5 atom stereocenters. The maximum atomic E-state index is 12.4. The van der Waals surface area contributed by atoms with E-state index in [1.54, 1.807) is 19.1 Å². The molecule has 0 bridgehead atoms. The summed E-state index contributed by atoms with van der Waals surface area (Å²) >= 11 is 0. The highest BCUT2D eigenvalue weighted by Crippen LogP contribution is 2.55. The van der Waals surface area contributed by atoms with Crippen molar-refractivity contribution in [3.05, 3.63) is 161 Å². The van der Waals surface area contributed by atoms with Gasteiger partial charge in [0, 0.05) is 48.9 Å². The van der Waals surface area contributed by atoms with Crippen LogP contribution < -0.4 is 19.7 Å². The van der Waals surface area contributed by atoms with Gasteiger partial charge in [0.15, 0.2) is 0 Å². The van der Waals surface area contributed by atoms with E-state index in [0.29, 0.717) is 26.0 Å². The van der Waals surface area contributed by atoms with Crippen LogP contribution in [0.25, 0.3) is 0 Å². The summed E-state index contributed by atoms with van der Waals surface area (Å²) < 4.78 is 17.4. The third-order valence-corrected chi connectivity index (χ3v) is 10.1. The smallest absolute Gasteiger partial charge is 0.293 e. The zero-order chi connectivity index (χ0) is 44.6. The number of carbonyl (C=O) groups is 3. The minimum Gasteiger partial charge on any atom is -0.497 e. The zero-order valence-corrected chi connectivity index (χ0v) is 37.2. The van der Waals surface area contributed by atoms with E-state index in [0.717, 1.165) is 63.5 Å². The van der Waals surface area contributed by atoms with Gasteiger partial charge in [-0.05, 0) is 96.6 Å². The van der Waals surface area contributed by atoms with Crippen molar-refractivity contribution in [2.24, 2.45) is 5.92 Å². The number of amides is 2. The van der Waals surface area contributed by atoms with Gasteiger partial charge in [0.1, 0.15) is 17.6 Å². The molecule has 1 heterocycles. The fourth-order valence-corrected chi connectivity index (χ4v) is 7.60. The highest BCUT2D eigenvalue weighted by Gasteiger charge is 2.48. The minimum absolute atomic E-state index is 0.0871. The first-order chi connectivity index (χ1) is 29.9. The Hall–Kier alpha value is -6.37. The van der Waals surface area contributed by atoms with Crippen LogP contribution in [-0.4, -0.2) is 58.0 Å². The fourth-order valence-electron chi connectivity index (χ4n) is 7.60. The van der Waals surface area contributed by atoms with Crippen LogP contribution in [-0.2, 0) is 19.1 Å². The zero-order valence-electron chi connectivity index (χ0n) is 37.2. The predicted molar refractivity (Wildman–Crippen MR) is 247 cm³/mol. The lowest BCUT2D eigenvalue weighted by Gasteiger charge is -2.39. The van der Waals surface area contributed by atoms with Crippen LogP contribution in [0.4, 0.5) is 5.69 Å². The SMILES string of the molecule is CC.CC.CCNC=O.CCOc1cccc(C2C(c3cc(C#Cc4ccc(OC)cc4)ccc3N(C)C=O)C(C)CN2C(c2ccccc2)C(OC=O)c2ccccc2)c1. The second-order valence-corrected chi connectivity index (χ2v) is 13.7. The Morgan fingerprint density at radius 3 is 1.95 bits per heavy atom. The van der Waals surface area contributed by atoms with E-state index in [9.17, 15) is 14.4 Å². The van der Waals surface area contributed by atoms with Gasteiger partial charge in [-0.2, -0.15) is 0 Å². The van der Waals surface area contributed by atoms with Crippen molar-refractivity contribution >= 4 is 25.0 Å². The molecule has 0 radical (unpaired) electrons. The summed E-state index contributed by atoms with van der Waals surface area (Å²) in [4.78, 5) is 38.0. The van der Waals surface area contributed by atoms with Gasteiger partial charge < -0.3 is 24.4 Å². The van der Waals surface area contributed by atoms with Crippen LogP contribution >= 0.6 is 0 Å². The van der Waals surface area contributed by atoms with E-state index in [1.807, 2.05) is 139 Å². The number of benzene rings is 5. The maximum absolute atomic E-state index is 12.4. The molecule has 9 heteroatoms. The first-order valence-corrected chi connectivity index (χ1v) is 21.2. The van der Waals surface area contributed by atoms with E-state index >= 15 is 0 Å². The van der Waals surface area contributed by atoms with Gasteiger partial charge in [0.05, 0.1) is 19.8 Å². The Morgan fingerprint density at radius 1 is 0.770 bits per heavy atom. The average Bonchev–Trinajstić information content (AvgIpc) is 3.66. The summed E-state index contributed by atoms with van der Waals surface area (Å²) in [6.45, 7) is 16.6. The Kier molecular flexibility index (Phi) is 21.4. The fraction of sp³-hybridized carbons (Fsp3) is 0.327. The van der Waals surface area contributed by atoms with Crippen LogP contribution in [0.2, 0.25) is 0 Å².